The van der Waals surface area contributed by atoms with Gasteiger partial charge in [-0.15, -0.1) is 0 Å². The van der Waals surface area contributed by atoms with Crippen molar-refractivity contribution in [2.24, 2.45) is 12.8 Å². The SMILES string of the molecule is CF.Cn1ncc(C(=O)Nc2ccc3c(c2)OC(F)O3)c1NCc1ccnc(C(N)=O)c1. The van der Waals surface area contributed by atoms with Crippen LogP contribution in [-0.2, 0) is 13.6 Å². The molecule has 10 nitrogen and oxygen atoms in total. The number of nitrogens with zero attached hydrogens (tertiary/aromatic N) is 3. The second-order valence-corrected chi connectivity index (χ2v) is 6.42. The maximum absolute atomic E-state index is 13.1. The number of nitrogens with two attached hydrogens (primary N) is 1. The zero-order valence-corrected chi connectivity index (χ0v) is 17.1. The Hall–Kier alpha value is -4.22. The number of nitrogens with one attached hydrogen (secondary N) is 2. The molecule has 4 rings (SSSR count). The maximum atomic E-state index is 13.1. The van der Waals surface area contributed by atoms with E-state index < -0.39 is 18.4 Å². The van der Waals surface area contributed by atoms with E-state index in [1.807, 2.05) is 0 Å². The first-order chi connectivity index (χ1) is 15.4. The molecule has 3 aromatic rings. The summed E-state index contributed by atoms with van der Waals surface area (Å²) in [7, 11) is 2.18. The minimum absolute atomic E-state index is 0.149. The molecule has 1 aliphatic heterocycles. The number of alkyl halides is 2. The van der Waals surface area contributed by atoms with Crippen molar-refractivity contribution in [1.82, 2.24) is 14.8 Å². The molecular weight excluding hydrogens is 426 g/mol. The van der Waals surface area contributed by atoms with Crippen molar-refractivity contribution in [3.05, 3.63) is 59.5 Å². The van der Waals surface area contributed by atoms with Gasteiger partial charge in [0.15, 0.2) is 11.5 Å². The maximum Gasteiger partial charge on any atom is 0.397 e. The Kier molecular flexibility index (Phi) is 6.83. The van der Waals surface area contributed by atoms with Gasteiger partial charge in [0.1, 0.15) is 17.1 Å². The molecule has 0 radical (unpaired) electrons. The lowest BCUT2D eigenvalue weighted by molar-refractivity contribution is -0.0652. The number of aryl methyl sites for hydroxylation is 1. The van der Waals surface area contributed by atoms with Crippen molar-refractivity contribution >= 4 is 23.3 Å². The van der Waals surface area contributed by atoms with Gasteiger partial charge >= 0.3 is 6.54 Å². The van der Waals surface area contributed by atoms with Gasteiger partial charge in [0.25, 0.3) is 11.8 Å². The minimum atomic E-state index is -1.86. The number of carbonyl (C=O) groups excluding carboxylic acids is 2. The average Bonchev–Trinajstić information content (AvgIpc) is 3.34. The topological polar surface area (TPSA) is 133 Å². The summed E-state index contributed by atoms with van der Waals surface area (Å²) in [6, 6.07) is 7.84. The standard InChI is InChI=1S/C19H17FN6O4.CH3F/c1-26-17(23-8-10-4-5-22-13(6-10)16(21)27)12(9-24-26)18(28)25-11-2-3-14-15(7-11)30-19(20)29-14;1-2/h2-7,9,19,23H,8H2,1H3,(H2,21,27)(H,25,28);1H3. The van der Waals surface area contributed by atoms with E-state index in [0.717, 1.165) is 5.56 Å². The van der Waals surface area contributed by atoms with Crippen LogP contribution in [0.4, 0.5) is 20.3 Å². The van der Waals surface area contributed by atoms with Gasteiger partial charge < -0.3 is 25.8 Å². The first-order valence-corrected chi connectivity index (χ1v) is 9.22. The summed E-state index contributed by atoms with van der Waals surface area (Å²) >= 11 is 0. The molecule has 0 aliphatic carbocycles. The number of aromatic nitrogens is 3. The lowest BCUT2D eigenvalue weighted by atomic mass is 10.2. The normalized spacial score (nSPS) is 13.7. The van der Waals surface area contributed by atoms with Gasteiger partial charge in [0.2, 0.25) is 0 Å². The van der Waals surface area contributed by atoms with Crippen LogP contribution in [0.2, 0.25) is 0 Å². The zero-order valence-electron chi connectivity index (χ0n) is 17.1. The highest BCUT2D eigenvalue weighted by atomic mass is 19.2. The van der Waals surface area contributed by atoms with Crippen LogP contribution in [-0.4, -0.2) is 40.3 Å². The van der Waals surface area contributed by atoms with Gasteiger partial charge in [-0.05, 0) is 29.8 Å². The molecule has 0 fully saturated rings. The summed E-state index contributed by atoms with van der Waals surface area (Å²) in [5.41, 5.74) is 6.85. The molecule has 1 aliphatic rings. The number of pyridine rings is 1. The van der Waals surface area contributed by atoms with Crippen molar-refractivity contribution in [2.75, 3.05) is 17.8 Å². The first kappa shape index (κ1) is 22.5. The Balaban J connectivity index is 0.00000141. The number of ether oxygens (including phenoxy) is 2. The third-order valence-electron chi connectivity index (χ3n) is 4.36. The number of hydrogen-bond donors (Lipinski definition) is 3. The van der Waals surface area contributed by atoms with Crippen LogP contribution in [0.5, 0.6) is 11.5 Å². The zero-order chi connectivity index (χ0) is 23.3. The van der Waals surface area contributed by atoms with E-state index in [9.17, 15) is 18.4 Å². The Labute approximate surface area is 181 Å². The summed E-state index contributed by atoms with van der Waals surface area (Å²) in [4.78, 5) is 27.9. The molecule has 2 aromatic heterocycles. The molecule has 1 unspecified atom stereocenters. The smallest absolute Gasteiger partial charge is 0.397 e. The molecule has 0 saturated heterocycles. The van der Waals surface area contributed by atoms with Crippen LogP contribution >= 0.6 is 0 Å². The van der Waals surface area contributed by atoms with E-state index in [0.29, 0.717) is 30.8 Å². The first-order valence-electron chi connectivity index (χ1n) is 9.22. The van der Waals surface area contributed by atoms with Crippen molar-refractivity contribution < 1.29 is 27.8 Å². The molecule has 2 amide bonds. The number of rotatable bonds is 6. The third kappa shape index (κ3) is 4.91. The highest BCUT2D eigenvalue weighted by Crippen LogP contribution is 2.37. The molecular formula is C20H20F2N6O4. The molecule has 1 atom stereocenters. The number of anilines is 2. The molecule has 0 saturated carbocycles. The van der Waals surface area contributed by atoms with Gasteiger partial charge in [0, 0.05) is 31.5 Å². The van der Waals surface area contributed by atoms with Crippen LogP contribution in [0.15, 0.2) is 42.7 Å². The minimum Gasteiger partial charge on any atom is -0.425 e. The van der Waals surface area contributed by atoms with E-state index in [4.69, 9.17) is 15.2 Å². The van der Waals surface area contributed by atoms with Crippen LogP contribution in [0.1, 0.15) is 26.4 Å². The van der Waals surface area contributed by atoms with E-state index >= 15 is 0 Å². The highest BCUT2D eigenvalue weighted by molar-refractivity contribution is 6.07. The molecule has 1 aromatic carbocycles. The van der Waals surface area contributed by atoms with Gasteiger partial charge in [-0.25, -0.2) is 0 Å². The predicted molar refractivity (Wildman–Crippen MR) is 111 cm³/mol. The summed E-state index contributed by atoms with van der Waals surface area (Å²) in [5, 5.41) is 9.96. The molecule has 32 heavy (non-hydrogen) atoms. The largest absolute Gasteiger partial charge is 0.425 e. The van der Waals surface area contributed by atoms with Gasteiger partial charge in [0.05, 0.1) is 13.4 Å². The number of primary amides is 1. The third-order valence-corrected chi connectivity index (χ3v) is 4.36. The summed E-state index contributed by atoms with van der Waals surface area (Å²) in [6.45, 7) is -1.55. The van der Waals surface area contributed by atoms with Crippen LogP contribution < -0.4 is 25.8 Å². The van der Waals surface area contributed by atoms with Gasteiger partial charge in [-0.2, -0.15) is 9.49 Å². The van der Waals surface area contributed by atoms with E-state index in [1.165, 1.54) is 29.2 Å². The monoisotopic (exact) mass is 446 g/mol. The summed E-state index contributed by atoms with van der Waals surface area (Å²) in [6.07, 6.45) is 2.90. The lowest BCUT2D eigenvalue weighted by Gasteiger charge is -2.11. The average molecular weight is 446 g/mol. The fourth-order valence-electron chi connectivity index (χ4n) is 2.92. The Bertz CT molecular complexity index is 1140. The van der Waals surface area contributed by atoms with Crippen LogP contribution in [0.25, 0.3) is 0 Å². The predicted octanol–water partition coefficient (Wildman–Crippen LogP) is 2.39. The fourth-order valence-corrected chi connectivity index (χ4v) is 2.92. The van der Waals surface area contributed by atoms with Crippen LogP contribution in [0, 0.1) is 0 Å². The van der Waals surface area contributed by atoms with Gasteiger partial charge in [-0.1, -0.05) is 0 Å². The van der Waals surface area contributed by atoms with Crippen molar-refractivity contribution in [1.29, 1.82) is 0 Å². The molecule has 0 bridgehead atoms. The second kappa shape index (κ2) is 9.73. The number of hydrogen-bond acceptors (Lipinski definition) is 7. The lowest BCUT2D eigenvalue weighted by Crippen LogP contribution is -2.16. The fraction of sp³-hybridized carbons (Fsp3) is 0.200. The molecule has 168 valence electrons. The quantitative estimate of drug-likeness (QED) is 0.529. The van der Waals surface area contributed by atoms with E-state index in [1.54, 1.807) is 25.2 Å². The molecule has 3 heterocycles. The second-order valence-electron chi connectivity index (χ2n) is 6.42. The van der Waals surface area contributed by atoms with Crippen molar-refractivity contribution in [2.45, 2.75) is 13.1 Å². The van der Waals surface area contributed by atoms with Crippen molar-refractivity contribution in [3.8, 4) is 11.5 Å². The number of halogens is 2. The number of fused-ring (bicyclic) bond motifs is 1. The van der Waals surface area contributed by atoms with E-state index in [2.05, 4.69) is 20.7 Å². The van der Waals surface area contributed by atoms with Crippen molar-refractivity contribution in [3.63, 3.8) is 0 Å². The highest BCUT2D eigenvalue weighted by Gasteiger charge is 2.24. The Morgan fingerprint density at radius 3 is 2.69 bits per heavy atom. The molecule has 4 N–H and O–H groups in total. The number of amides is 2. The Morgan fingerprint density at radius 1 is 1.19 bits per heavy atom. The molecule has 12 heteroatoms. The number of carbonyl (C=O) groups is 2. The van der Waals surface area contributed by atoms with E-state index in [-0.39, 0.29) is 17.2 Å². The van der Waals surface area contributed by atoms with Crippen LogP contribution in [0.3, 0.4) is 0 Å². The molecule has 0 spiro atoms. The summed E-state index contributed by atoms with van der Waals surface area (Å²) < 4.78 is 33.8. The number of benzene rings is 1. The Morgan fingerprint density at radius 2 is 1.94 bits per heavy atom. The summed E-state index contributed by atoms with van der Waals surface area (Å²) in [5.74, 6) is -0.117. The van der Waals surface area contributed by atoms with Gasteiger partial charge in [-0.3, -0.25) is 23.6 Å².